The van der Waals surface area contributed by atoms with Gasteiger partial charge in [-0.1, -0.05) is 33.1 Å². The van der Waals surface area contributed by atoms with Crippen LogP contribution in [0, 0.1) is 23.2 Å². The average molecular weight is 490 g/mol. The fourth-order valence-electron chi connectivity index (χ4n) is 5.67. The van der Waals surface area contributed by atoms with Crippen molar-refractivity contribution in [2.75, 3.05) is 20.1 Å². The molecule has 35 heavy (non-hydrogen) atoms. The molecular formula is C27H47N5O3. The molecule has 1 aromatic rings. The van der Waals surface area contributed by atoms with Gasteiger partial charge in [0.1, 0.15) is 5.56 Å². The van der Waals surface area contributed by atoms with Crippen LogP contribution in [0.4, 0.5) is 0 Å². The summed E-state index contributed by atoms with van der Waals surface area (Å²) in [6.07, 6.45) is 9.97. The fourth-order valence-corrected chi connectivity index (χ4v) is 5.67. The zero-order chi connectivity index (χ0) is 25.6. The highest BCUT2D eigenvalue weighted by Crippen LogP contribution is 2.43. The van der Waals surface area contributed by atoms with Gasteiger partial charge in [-0.05, 0) is 71.3 Å². The molecule has 2 aliphatic carbocycles. The maximum Gasteiger partial charge on any atom is 0.258 e. The molecule has 3 unspecified atom stereocenters. The van der Waals surface area contributed by atoms with E-state index in [1.807, 2.05) is 34.7 Å². The molecule has 2 bridgehead atoms. The molecule has 2 fully saturated rings. The summed E-state index contributed by atoms with van der Waals surface area (Å²) in [7, 11) is 1.86. The van der Waals surface area contributed by atoms with E-state index in [-0.39, 0.29) is 24.0 Å². The van der Waals surface area contributed by atoms with Crippen molar-refractivity contribution in [3.05, 3.63) is 11.8 Å². The Bertz CT molecular complexity index is 838. The smallest absolute Gasteiger partial charge is 0.258 e. The molecule has 2 aliphatic rings. The molecule has 2 saturated carbocycles. The molecule has 3 N–H and O–H groups in total. The monoisotopic (exact) mass is 489 g/mol. The number of fused-ring (bicyclic) bond motifs is 2. The van der Waals surface area contributed by atoms with Crippen molar-refractivity contribution in [3.63, 3.8) is 0 Å². The first kappa shape index (κ1) is 27.5. The molecule has 198 valence electrons. The summed E-state index contributed by atoms with van der Waals surface area (Å²) < 4.78 is 7.79. The molecule has 1 aromatic heterocycles. The van der Waals surface area contributed by atoms with Gasteiger partial charge < -0.3 is 20.7 Å². The third kappa shape index (κ3) is 7.45. The first-order valence-corrected chi connectivity index (χ1v) is 13.6. The van der Waals surface area contributed by atoms with Gasteiger partial charge in [0.15, 0.2) is 0 Å². The topological polar surface area (TPSA) is 97.3 Å². The van der Waals surface area contributed by atoms with Crippen molar-refractivity contribution in [3.8, 4) is 5.88 Å². The number of rotatable bonds is 12. The minimum absolute atomic E-state index is 0.00951. The summed E-state index contributed by atoms with van der Waals surface area (Å²) in [5, 5.41) is 13.7. The fraction of sp³-hybridized carbons (Fsp3) is 0.815. The summed E-state index contributed by atoms with van der Waals surface area (Å²) in [5.74, 6) is 2.56. The van der Waals surface area contributed by atoms with Gasteiger partial charge >= 0.3 is 0 Å². The SMILES string of the molecule is CNCCNC(=O)C(C)(C)CCn1ncc(C(=O)NC(C)C2CC3CCCC(C3)C2)c1OC(C)C. The number of aryl methyl sites for hydroxylation is 1. The van der Waals surface area contributed by atoms with E-state index in [0.29, 0.717) is 36.9 Å². The van der Waals surface area contributed by atoms with Gasteiger partial charge in [0.05, 0.1) is 12.3 Å². The average Bonchev–Trinajstić information content (AvgIpc) is 3.19. The normalized spacial score (nSPS) is 23.1. The number of aromatic nitrogens is 2. The minimum atomic E-state index is -0.565. The quantitative estimate of drug-likeness (QED) is 0.389. The maximum absolute atomic E-state index is 13.3. The highest BCUT2D eigenvalue weighted by atomic mass is 16.5. The van der Waals surface area contributed by atoms with Crippen LogP contribution in [-0.4, -0.2) is 53.9 Å². The summed E-state index contributed by atoms with van der Waals surface area (Å²) in [6, 6.07) is 0.126. The molecule has 8 heteroatoms. The van der Waals surface area contributed by atoms with Gasteiger partial charge in [0, 0.05) is 31.1 Å². The molecule has 0 spiro atoms. The van der Waals surface area contributed by atoms with Crippen molar-refractivity contribution >= 4 is 11.8 Å². The molecule has 0 aliphatic heterocycles. The number of carbonyl (C=O) groups is 2. The second-order valence-electron chi connectivity index (χ2n) is 11.6. The second kappa shape index (κ2) is 12.2. The zero-order valence-corrected chi connectivity index (χ0v) is 22.7. The highest BCUT2D eigenvalue weighted by Gasteiger charge is 2.35. The summed E-state index contributed by atoms with van der Waals surface area (Å²) in [6.45, 7) is 11.7. The second-order valence-corrected chi connectivity index (χ2v) is 11.6. The summed E-state index contributed by atoms with van der Waals surface area (Å²) >= 11 is 0. The number of nitrogens with one attached hydrogen (secondary N) is 3. The van der Waals surface area contributed by atoms with Gasteiger partial charge in [-0.15, -0.1) is 0 Å². The van der Waals surface area contributed by atoms with E-state index in [1.165, 1.54) is 38.5 Å². The number of ether oxygens (including phenoxy) is 1. The lowest BCUT2D eigenvalue weighted by Crippen LogP contribution is -2.42. The van der Waals surface area contributed by atoms with E-state index >= 15 is 0 Å². The minimum Gasteiger partial charge on any atom is -0.475 e. The number of carbonyl (C=O) groups excluding carboxylic acids is 2. The highest BCUT2D eigenvalue weighted by molar-refractivity contribution is 5.96. The molecule has 3 atom stereocenters. The van der Waals surface area contributed by atoms with Crippen LogP contribution in [-0.2, 0) is 11.3 Å². The van der Waals surface area contributed by atoms with E-state index in [9.17, 15) is 9.59 Å². The molecule has 0 radical (unpaired) electrons. The summed E-state index contributed by atoms with van der Waals surface area (Å²) in [4.78, 5) is 25.9. The maximum atomic E-state index is 13.3. The van der Waals surface area contributed by atoms with Crippen LogP contribution in [0.25, 0.3) is 0 Å². The molecule has 3 rings (SSSR count). The van der Waals surface area contributed by atoms with Crippen LogP contribution < -0.4 is 20.7 Å². The van der Waals surface area contributed by atoms with Crippen molar-refractivity contribution < 1.29 is 14.3 Å². The Morgan fingerprint density at radius 3 is 2.46 bits per heavy atom. The third-order valence-corrected chi connectivity index (χ3v) is 7.84. The predicted octanol–water partition coefficient (Wildman–Crippen LogP) is 3.76. The van der Waals surface area contributed by atoms with Crippen molar-refractivity contribution in [1.29, 1.82) is 0 Å². The number of nitrogens with zero attached hydrogens (tertiary/aromatic N) is 2. The molecule has 0 aromatic carbocycles. The standard InChI is InChI=1S/C27H47N5O3/c1-18(2)35-25-23(17-30-32(25)13-10-27(4,5)26(34)29-12-11-28-6)24(33)31-19(3)22-15-20-8-7-9-21(14-20)16-22/h17-22,28H,7-16H2,1-6H3,(H,29,34)(H,31,33). The Morgan fingerprint density at radius 1 is 1.14 bits per heavy atom. The molecule has 1 heterocycles. The lowest BCUT2D eigenvalue weighted by molar-refractivity contribution is -0.129. The Balaban J connectivity index is 1.64. The van der Waals surface area contributed by atoms with E-state index in [4.69, 9.17) is 4.74 Å². The Labute approximate surface area is 211 Å². The number of hydrogen-bond donors (Lipinski definition) is 3. The van der Waals surface area contributed by atoms with Gasteiger partial charge in [0.2, 0.25) is 11.8 Å². The van der Waals surface area contributed by atoms with Gasteiger partial charge in [0.25, 0.3) is 5.91 Å². The molecule has 2 amide bonds. The first-order valence-electron chi connectivity index (χ1n) is 13.6. The predicted molar refractivity (Wildman–Crippen MR) is 138 cm³/mol. The van der Waals surface area contributed by atoms with Gasteiger partial charge in [-0.2, -0.15) is 5.10 Å². The molecule has 8 nitrogen and oxygen atoms in total. The van der Waals surface area contributed by atoms with Crippen LogP contribution in [0.1, 0.15) is 89.9 Å². The van der Waals surface area contributed by atoms with Gasteiger partial charge in [-0.25, -0.2) is 4.68 Å². The summed E-state index contributed by atoms with van der Waals surface area (Å²) in [5.41, 5.74) is -0.0945. The Kier molecular flexibility index (Phi) is 9.62. The van der Waals surface area contributed by atoms with Crippen molar-refractivity contribution in [2.45, 2.75) is 98.3 Å². The molecule has 0 saturated heterocycles. The lowest BCUT2D eigenvalue weighted by Gasteiger charge is -2.41. The molecular weight excluding hydrogens is 442 g/mol. The van der Waals surface area contributed by atoms with Crippen molar-refractivity contribution in [1.82, 2.24) is 25.7 Å². The van der Waals surface area contributed by atoms with Crippen LogP contribution in [0.2, 0.25) is 0 Å². The van der Waals surface area contributed by atoms with Crippen molar-refractivity contribution in [2.24, 2.45) is 23.2 Å². The van der Waals surface area contributed by atoms with E-state index in [1.54, 1.807) is 10.9 Å². The Hall–Kier alpha value is -2.09. The van der Waals surface area contributed by atoms with Crippen LogP contribution >= 0.6 is 0 Å². The lowest BCUT2D eigenvalue weighted by atomic mass is 9.66. The van der Waals surface area contributed by atoms with Crippen LogP contribution in [0.5, 0.6) is 5.88 Å². The zero-order valence-electron chi connectivity index (χ0n) is 22.7. The number of amides is 2. The first-order chi connectivity index (χ1) is 16.6. The number of likely N-dealkylation sites (N-methyl/N-ethyl adjacent to an activating group) is 1. The largest absolute Gasteiger partial charge is 0.475 e. The van der Waals surface area contributed by atoms with Crippen LogP contribution in [0.15, 0.2) is 6.20 Å². The third-order valence-electron chi connectivity index (χ3n) is 7.84. The van der Waals surface area contributed by atoms with E-state index in [2.05, 4.69) is 28.0 Å². The van der Waals surface area contributed by atoms with Crippen LogP contribution in [0.3, 0.4) is 0 Å². The van der Waals surface area contributed by atoms with Gasteiger partial charge in [-0.3, -0.25) is 9.59 Å². The van der Waals surface area contributed by atoms with E-state index < -0.39 is 5.41 Å². The Morgan fingerprint density at radius 2 is 1.83 bits per heavy atom. The van der Waals surface area contributed by atoms with E-state index in [0.717, 1.165) is 18.4 Å². The number of hydrogen-bond acceptors (Lipinski definition) is 5.